The molecule has 0 aliphatic heterocycles. The van der Waals surface area contributed by atoms with Gasteiger partial charge in [0.2, 0.25) is 0 Å². The Bertz CT molecular complexity index is 1010. The second-order valence-electron chi connectivity index (χ2n) is 5.11. The molecule has 0 atom stereocenters. The molecular formula is C18H12O3. The molecule has 0 radical (unpaired) electrons. The maximum atomic E-state index is 12.3. The minimum absolute atomic E-state index is 0.365. The van der Waals surface area contributed by atoms with Crippen molar-refractivity contribution in [3.8, 4) is 11.1 Å². The lowest BCUT2D eigenvalue weighted by molar-refractivity contribution is 0.564. The van der Waals surface area contributed by atoms with E-state index in [0.717, 1.165) is 22.1 Å². The van der Waals surface area contributed by atoms with Crippen molar-refractivity contribution in [2.75, 3.05) is 0 Å². The Hall–Kier alpha value is -2.81. The van der Waals surface area contributed by atoms with Gasteiger partial charge in [0.1, 0.15) is 11.0 Å². The summed E-state index contributed by atoms with van der Waals surface area (Å²) in [5, 5.41) is 1.31. The molecular weight excluding hydrogens is 264 g/mol. The maximum absolute atomic E-state index is 12.3. The second kappa shape index (κ2) is 4.35. The van der Waals surface area contributed by atoms with Crippen LogP contribution in [0.1, 0.15) is 5.56 Å². The summed E-state index contributed by atoms with van der Waals surface area (Å²) in [7, 11) is 0. The van der Waals surface area contributed by atoms with Crippen molar-refractivity contribution in [1.82, 2.24) is 0 Å². The zero-order chi connectivity index (χ0) is 14.4. The van der Waals surface area contributed by atoms with Crippen LogP contribution in [0.25, 0.3) is 33.1 Å². The zero-order valence-corrected chi connectivity index (χ0v) is 11.4. The van der Waals surface area contributed by atoms with Gasteiger partial charge in [0.15, 0.2) is 5.58 Å². The number of benzene rings is 2. The van der Waals surface area contributed by atoms with E-state index >= 15 is 0 Å². The molecule has 3 heteroatoms. The summed E-state index contributed by atoms with van der Waals surface area (Å²) in [6.45, 7) is 1.96. The average Bonchev–Trinajstić information content (AvgIpc) is 2.93. The van der Waals surface area contributed by atoms with Crippen LogP contribution in [0.5, 0.6) is 0 Å². The van der Waals surface area contributed by atoms with E-state index in [1.165, 1.54) is 0 Å². The molecule has 3 nitrogen and oxygen atoms in total. The van der Waals surface area contributed by atoms with Gasteiger partial charge >= 0.3 is 5.63 Å². The highest BCUT2D eigenvalue weighted by atomic mass is 16.4. The van der Waals surface area contributed by atoms with Gasteiger partial charge in [0.05, 0.1) is 11.6 Å². The van der Waals surface area contributed by atoms with Crippen molar-refractivity contribution >= 4 is 21.9 Å². The summed E-state index contributed by atoms with van der Waals surface area (Å²) in [5.41, 5.74) is 3.52. The van der Waals surface area contributed by atoms with E-state index in [2.05, 4.69) is 0 Å². The smallest absolute Gasteiger partial charge is 0.348 e. The first kappa shape index (κ1) is 12.0. The van der Waals surface area contributed by atoms with E-state index in [-0.39, 0.29) is 5.63 Å². The van der Waals surface area contributed by atoms with Crippen LogP contribution >= 0.6 is 0 Å². The molecule has 0 spiro atoms. The fourth-order valence-corrected chi connectivity index (χ4v) is 2.64. The molecule has 0 aliphatic carbocycles. The quantitative estimate of drug-likeness (QED) is 0.480. The molecule has 0 saturated carbocycles. The Kier molecular flexibility index (Phi) is 2.48. The molecule has 0 saturated heterocycles. The van der Waals surface area contributed by atoms with Crippen molar-refractivity contribution in [1.29, 1.82) is 0 Å². The second-order valence-corrected chi connectivity index (χ2v) is 5.11. The molecule has 0 fully saturated rings. The van der Waals surface area contributed by atoms with Gasteiger partial charge in [0.25, 0.3) is 0 Å². The van der Waals surface area contributed by atoms with Crippen LogP contribution in [0.2, 0.25) is 0 Å². The first-order valence-electron chi connectivity index (χ1n) is 6.74. The van der Waals surface area contributed by atoms with Gasteiger partial charge in [-0.05, 0) is 30.2 Å². The van der Waals surface area contributed by atoms with Crippen LogP contribution in [0.4, 0.5) is 0 Å². The highest BCUT2D eigenvalue weighted by Crippen LogP contribution is 2.32. The lowest BCUT2D eigenvalue weighted by atomic mass is 10.0. The lowest BCUT2D eigenvalue weighted by Gasteiger charge is -2.00. The normalized spacial score (nSPS) is 11.3. The SMILES string of the molecule is Cc1ccc2c(c1)oc(=O)c1c(-c3ccccc3)coc12. The first-order chi connectivity index (χ1) is 10.2. The summed E-state index contributed by atoms with van der Waals surface area (Å²) in [6, 6.07) is 15.4. The molecule has 0 unspecified atom stereocenters. The molecule has 4 aromatic rings. The Balaban J connectivity index is 2.14. The maximum Gasteiger partial charge on any atom is 0.348 e. The predicted molar refractivity (Wildman–Crippen MR) is 82.4 cm³/mol. The van der Waals surface area contributed by atoms with Gasteiger partial charge in [0, 0.05) is 5.56 Å². The van der Waals surface area contributed by atoms with Crippen LogP contribution in [0.15, 0.2) is 68.4 Å². The lowest BCUT2D eigenvalue weighted by Crippen LogP contribution is -1.99. The third kappa shape index (κ3) is 1.78. The fraction of sp³-hybridized carbons (Fsp3) is 0.0556. The van der Waals surface area contributed by atoms with E-state index in [4.69, 9.17) is 8.83 Å². The number of furan rings is 1. The van der Waals surface area contributed by atoms with Crippen LogP contribution in [-0.4, -0.2) is 0 Å². The van der Waals surface area contributed by atoms with E-state index in [1.54, 1.807) is 6.26 Å². The number of fused-ring (bicyclic) bond motifs is 3. The molecule has 21 heavy (non-hydrogen) atoms. The van der Waals surface area contributed by atoms with Crippen LogP contribution in [-0.2, 0) is 0 Å². The predicted octanol–water partition coefficient (Wildman–Crippen LogP) is 4.51. The molecule has 2 aromatic heterocycles. The molecule has 0 bridgehead atoms. The highest BCUT2D eigenvalue weighted by molar-refractivity contribution is 6.06. The van der Waals surface area contributed by atoms with Gasteiger partial charge in [-0.1, -0.05) is 36.4 Å². The molecule has 4 rings (SSSR count). The van der Waals surface area contributed by atoms with Gasteiger partial charge in [-0.15, -0.1) is 0 Å². The summed E-state index contributed by atoms with van der Waals surface area (Å²) >= 11 is 0. The largest absolute Gasteiger partial charge is 0.463 e. The average molecular weight is 276 g/mol. The molecule has 2 aromatic carbocycles. The molecule has 0 aliphatic rings. The van der Waals surface area contributed by atoms with Crippen molar-refractivity contribution in [3.63, 3.8) is 0 Å². The summed E-state index contributed by atoms with van der Waals surface area (Å²) < 4.78 is 11.1. The van der Waals surface area contributed by atoms with Crippen molar-refractivity contribution < 1.29 is 8.83 Å². The highest BCUT2D eigenvalue weighted by Gasteiger charge is 2.16. The van der Waals surface area contributed by atoms with E-state index < -0.39 is 0 Å². The number of rotatable bonds is 1. The Labute approximate surface area is 120 Å². The number of hydrogen-bond acceptors (Lipinski definition) is 3. The van der Waals surface area contributed by atoms with E-state index in [1.807, 2.05) is 55.5 Å². The molecule has 0 amide bonds. The molecule has 102 valence electrons. The fourth-order valence-electron chi connectivity index (χ4n) is 2.64. The standard InChI is InChI=1S/C18H12O3/c1-11-7-8-13-15(9-11)21-18(19)16-14(10-20-17(13)16)12-5-3-2-4-6-12/h2-10H,1H3. The molecule has 2 heterocycles. The van der Waals surface area contributed by atoms with Crippen LogP contribution < -0.4 is 5.63 Å². The summed E-state index contributed by atoms with van der Waals surface area (Å²) in [6.07, 6.45) is 1.62. The van der Waals surface area contributed by atoms with Crippen LogP contribution in [0, 0.1) is 6.92 Å². The van der Waals surface area contributed by atoms with Crippen molar-refractivity contribution in [2.45, 2.75) is 6.92 Å². The van der Waals surface area contributed by atoms with Gasteiger partial charge in [-0.2, -0.15) is 0 Å². The van der Waals surface area contributed by atoms with E-state index in [0.29, 0.717) is 16.6 Å². The van der Waals surface area contributed by atoms with Gasteiger partial charge < -0.3 is 8.83 Å². The summed E-state index contributed by atoms with van der Waals surface area (Å²) in [4.78, 5) is 12.3. The van der Waals surface area contributed by atoms with Crippen LogP contribution in [0.3, 0.4) is 0 Å². The first-order valence-corrected chi connectivity index (χ1v) is 6.74. The van der Waals surface area contributed by atoms with Gasteiger partial charge in [-0.25, -0.2) is 4.79 Å². The topological polar surface area (TPSA) is 43.4 Å². The monoisotopic (exact) mass is 276 g/mol. The minimum atomic E-state index is -0.365. The third-order valence-corrected chi connectivity index (χ3v) is 3.66. The number of aryl methyl sites for hydroxylation is 1. The minimum Gasteiger partial charge on any atom is -0.463 e. The van der Waals surface area contributed by atoms with Gasteiger partial charge in [-0.3, -0.25) is 0 Å². The Morgan fingerprint density at radius 2 is 1.81 bits per heavy atom. The summed E-state index contributed by atoms with van der Waals surface area (Å²) in [5.74, 6) is 0. The Morgan fingerprint density at radius 1 is 1.00 bits per heavy atom. The molecule has 0 N–H and O–H groups in total. The number of hydrogen-bond donors (Lipinski definition) is 0. The van der Waals surface area contributed by atoms with E-state index in [9.17, 15) is 4.79 Å². The Morgan fingerprint density at radius 3 is 2.62 bits per heavy atom. The van der Waals surface area contributed by atoms with Crippen molar-refractivity contribution in [3.05, 3.63) is 70.8 Å². The third-order valence-electron chi connectivity index (χ3n) is 3.66. The van der Waals surface area contributed by atoms with Crippen molar-refractivity contribution in [2.24, 2.45) is 0 Å². The zero-order valence-electron chi connectivity index (χ0n) is 11.4.